The number of ether oxygens (including phenoxy) is 1. The van der Waals surface area contributed by atoms with Crippen LogP contribution in [0.25, 0.3) is 0 Å². The molecule has 0 aromatic carbocycles. The first-order valence-electron chi connectivity index (χ1n) is 7.87. The van der Waals surface area contributed by atoms with Crippen LogP contribution in [-0.4, -0.2) is 50.9 Å². The van der Waals surface area contributed by atoms with E-state index < -0.39 is 0 Å². The number of nitrogens with zero attached hydrogens (tertiary/aromatic N) is 4. The van der Waals surface area contributed by atoms with Crippen LogP contribution < -0.4 is 5.32 Å². The monoisotopic (exact) mass is 318 g/mol. The number of rotatable bonds is 5. The van der Waals surface area contributed by atoms with Gasteiger partial charge in [-0.15, -0.1) is 0 Å². The highest BCUT2D eigenvalue weighted by Gasteiger charge is 2.29. The number of hydrogen-bond donors (Lipinski definition) is 2. The molecule has 2 amide bonds. The number of H-pyrrole nitrogens is 1. The predicted molar refractivity (Wildman–Crippen MR) is 85.0 cm³/mol. The summed E-state index contributed by atoms with van der Waals surface area (Å²) in [6.45, 7) is 1.97. The van der Waals surface area contributed by atoms with Crippen molar-refractivity contribution in [1.29, 1.82) is 0 Å². The van der Waals surface area contributed by atoms with E-state index in [-0.39, 0.29) is 12.1 Å². The van der Waals surface area contributed by atoms with Crippen LogP contribution in [0.5, 0.6) is 0 Å². The van der Waals surface area contributed by atoms with E-state index >= 15 is 0 Å². The zero-order chi connectivity index (χ0) is 16.1. The van der Waals surface area contributed by atoms with Crippen LogP contribution in [0.15, 0.2) is 24.7 Å². The molecular weight excluding hydrogens is 296 g/mol. The van der Waals surface area contributed by atoms with Gasteiger partial charge in [-0.1, -0.05) is 0 Å². The summed E-state index contributed by atoms with van der Waals surface area (Å²) in [6.07, 6.45) is 8.36. The second kappa shape index (κ2) is 7.28. The first kappa shape index (κ1) is 15.5. The second-order valence-corrected chi connectivity index (χ2v) is 5.57. The van der Waals surface area contributed by atoms with Crippen LogP contribution in [0, 0.1) is 0 Å². The summed E-state index contributed by atoms with van der Waals surface area (Å²) in [5, 5.41) is 7.20. The Hall–Kier alpha value is -2.35. The lowest BCUT2D eigenvalue weighted by Gasteiger charge is -2.34. The summed E-state index contributed by atoms with van der Waals surface area (Å²) in [7, 11) is 1.65. The van der Waals surface area contributed by atoms with Gasteiger partial charge in [0.2, 0.25) is 0 Å². The van der Waals surface area contributed by atoms with Gasteiger partial charge in [-0.2, -0.15) is 5.10 Å². The number of piperidine rings is 1. The average molecular weight is 318 g/mol. The van der Waals surface area contributed by atoms with Crippen molar-refractivity contribution >= 4 is 11.8 Å². The van der Waals surface area contributed by atoms with Gasteiger partial charge in [0, 0.05) is 38.3 Å². The van der Waals surface area contributed by atoms with Crippen molar-refractivity contribution in [2.45, 2.75) is 31.8 Å². The Morgan fingerprint density at radius 2 is 2.43 bits per heavy atom. The van der Waals surface area contributed by atoms with Crippen molar-refractivity contribution in [3.8, 4) is 0 Å². The molecule has 8 nitrogen and oxygen atoms in total. The summed E-state index contributed by atoms with van der Waals surface area (Å²) < 4.78 is 6.77. The molecule has 3 heterocycles. The molecule has 2 N–H and O–H groups in total. The molecule has 124 valence electrons. The van der Waals surface area contributed by atoms with Crippen molar-refractivity contribution < 1.29 is 9.53 Å². The van der Waals surface area contributed by atoms with Gasteiger partial charge in [-0.25, -0.2) is 9.78 Å². The number of nitrogens with one attached hydrogen (secondary N) is 2. The van der Waals surface area contributed by atoms with Crippen molar-refractivity contribution in [2.75, 3.05) is 25.6 Å². The van der Waals surface area contributed by atoms with Crippen molar-refractivity contribution in [2.24, 2.45) is 0 Å². The van der Waals surface area contributed by atoms with Gasteiger partial charge in [-0.05, 0) is 19.3 Å². The minimum absolute atomic E-state index is 0.00525. The third-order valence-corrected chi connectivity index (χ3v) is 4.00. The van der Waals surface area contributed by atoms with E-state index in [2.05, 4.69) is 20.4 Å². The maximum Gasteiger partial charge on any atom is 0.323 e. The third-order valence-electron chi connectivity index (χ3n) is 4.00. The first-order valence-corrected chi connectivity index (χ1v) is 7.87. The molecule has 0 bridgehead atoms. The number of methoxy groups -OCH3 is 1. The van der Waals surface area contributed by atoms with E-state index in [1.807, 2.05) is 11.1 Å². The lowest BCUT2D eigenvalue weighted by Crippen LogP contribution is -2.41. The van der Waals surface area contributed by atoms with E-state index in [9.17, 15) is 4.79 Å². The maximum absolute atomic E-state index is 12.6. The summed E-state index contributed by atoms with van der Waals surface area (Å²) in [6, 6.07) is 1.65. The third kappa shape index (κ3) is 3.70. The van der Waals surface area contributed by atoms with Gasteiger partial charge >= 0.3 is 6.03 Å². The van der Waals surface area contributed by atoms with Gasteiger partial charge in [0.1, 0.15) is 5.82 Å². The molecule has 1 aliphatic rings. The summed E-state index contributed by atoms with van der Waals surface area (Å²) in [5.74, 6) is 1.39. The molecular formula is C15H22N6O2. The van der Waals surface area contributed by atoms with Crippen molar-refractivity contribution in [3.05, 3.63) is 30.5 Å². The van der Waals surface area contributed by atoms with Crippen LogP contribution in [0.4, 0.5) is 10.6 Å². The maximum atomic E-state index is 12.6. The Morgan fingerprint density at radius 1 is 1.52 bits per heavy atom. The Morgan fingerprint density at radius 3 is 3.22 bits per heavy atom. The number of likely N-dealkylation sites (tertiary alicyclic amines) is 1. The molecule has 0 spiro atoms. The smallest absolute Gasteiger partial charge is 0.323 e. The molecule has 1 atom stereocenters. The number of urea groups is 1. The number of aromatic nitrogens is 4. The number of aromatic amines is 1. The molecule has 8 heteroatoms. The van der Waals surface area contributed by atoms with Crippen molar-refractivity contribution in [3.63, 3.8) is 0 Å². The lowest BCUT2D eigenvalue weighted by molar-refractivity contribution is 0.159. The fourth-order valence-corrected chi connectivity index (χ4v) is 2.84. The van der Waals surface area contributed by atoms with Gasteiger partial charge in [-0.3, -0.25) is 10.00 Å². The minimum atomic E-state index is -0.136. The van der Waals surface area contributed by atoms with Gasteiger partial charge in [0.25, 0.3) is 0 Å². The normalized spacial score (nSPS) is 18.1. The molecule has 0 radical (unpaired) electrons. The van der Waals surface area contributed by atoms with Gasteiger partial charge in [0.05, 0.1) is 19.2 Å². The van der Waals surface area contributed by atoms with E-state index in [0.717, 1.165) is 31.6 Å². The lowest BCUT2D eigenvalue weighted by atomic mass is 10.0. The number of carbonyl (C=O) groups is 1. The molecule has 23 heavy (non-hydrogen) atoms. The summed E-state index contributed by atoms with van der Waals surface area (Å²) in [5.41, 5.74) is 0. The number of amides is 2. The van der Waals surface area contributed by atoms with Crippen molar-refractivity contribution in [1.82, 2.24) is 24.6 Å². The van der Waals surface area contributed by atoms with Crippen LogP contribution in [0.2, 0.25) is 0 Å². The molecule has 1 saturated heterocycles. The Balaban J connectivity index is 1.65. The van der Waals surface area contributed by atoms with Crippen LogP contribution in [0.1, 0.15) is 31.1 Å². The van der Waals surface area contributed by atoms with Gasteiger partial charge in [0.15, 0.2) is 5.82 Å². The van der Waals surface area contributed by atoms with Gasteiger partial charge < -0.3 is 14.6 Å². The highest BCUT2D eigenvalue weighted by atomic mass is 16.5. The predicted octanol–water partition coefficient (Wildman–Crippen LogP) is 2.01. The fraction of sp³-hybridized carbons (Fsp3) is 0.533. The van der Waals surface area contributed by atoms with Crippen LogP contribution in [-0.2, 0) is 11.3 Å². The van der Waals surface area contributed by atoms with E-state index in [4.69, 9.17) is 4.74 Å². The molecule has 3 rings (SSSR count). The molecule has 2 aromatic rings. The second-order valence-electron chi connectivity index (χ2n) is 5.57. The number of anilines is 1. The standard InChI is InChI=1S/C15H22N6O2/c1-23-11-10-20-9-5-13(19-20)18-15(22)21-8-3-2-4-12(21)14-16-6-7-17-14/h5-7,9,12H,2-4,8,10-11H2,1H3,(H,16,17)(H,18,19,22)/t12-/m1/s1. The van der Waals surface area contributed by atoms with E-state index in [1.165, 1.54) is 0 Å². The summed E-state index contributed by atoms with van der Waals surface area (Å²) in [4.78, 5) is 21.8. The highest BCUT2D eigenvalue weighted by molar-refractivity contribution is 5.88. The molecule has 0 unspecified atom stereocenters. The molecule has 0 aliphatic carbocycles. The number of hydrogen-bond acceptors (Lipinski definition) is 4. The Bertz CT molecular complexity index is 624. The zero-order valence-corrected chi connectivity index (χ0v) is 13.2. The average Bonchev–Trinajstić information content (AvgIpc) is 3.25. The quantitative estimate of drug-likeness (QED) is 0.882. The van der Waals surface area contributed by atoms with E-state index in [0.29, 0.717) is 19.0 Å². The first-order chi connectivity index (χ1) is 11.3. The Kier molecular flexibility index (Phi) is 4.92. The van der Waals surface area contributed by atoms with Crippen LogP contribution >= 0.6 is 0 Å². The Labute approximate surface area is 134 Å². The topological polar surface area (TPSA) is 88.1 Å². The molecule has 2 aromatic heterocycles. The number of imidazole rings is 1. The minimum Gasteiger partial charge on any atom is -0.383 e. The summed E-state index contributed by atoms with van der Waals surface area (Å²) >= 11 is 0. The SMILES string of the molecule is COCCn1ccc(NC(=O)N2CCCC[C@@H]2c2ncc[nH]2)n1. The molecule has 1 aliphatic heterocycles. The van der Waals surface area contributed by atoms with E-state index in [1.54, 1.807) is 30.3 Å². The zero-order valence-electron chi connectivity index (χ0n) is 13.2. The van der Waals surface area contributed by atoms with Crippen LogP contribution in [0.3, 0.4) is 0 Å². The molecule has 1 fully saturated rings. The largest absolute Gasteiger partial charge is 0.383 e. The number of carbonyl (C=O) groups excluding carboxylic acids is 1. The molecule has 0 saturated carbocycles. The highest BCUT2D eigenvalue weighted by Crippen LogP contribution is 2.29. The fourth-order valence-electron chi connectivity index (χ4n) is 2.84.